The lowest BCUT2D eigenvalue weighted by molar-refractivity contribution is 1.00. The highest BCUT2D eigenvalue weighted by molar-refractivity contribution is 7.99. The maximum Gasteiger partial charge on any atom is 0.160 e. The lowest BCUT2D eigenvalue weighted by Gasteiger charge is -2.17. The van der Waals surface area contributed by atoms with E-state index in [9.17, 15) is 0 Å². The zero-order valence-corrected chi connectivity index (χ0v) is 33.3. The van der Waals surface area contributed by atoms with Crippen LogP contribution < -0.4 is 0 Å². The zero-order valence-electron chi connectivity index (χ0n) is 32.5. The van der Waals surface area contributed by atoms with Gasteiger partial charge in [0.2, 0.25) is 0 Å². The Morgan fingerprint density at radius 3 is 1.88 bits per heavy atom. The number of allylic oxidation sites excluding steroid dienone is 1. The van der Waals surface area contributed by atoms with Crippen LogP contribution >= 0.6 is 11.8 Å². The molecule has 0 aliphatic carbocycles. The van der Waals surface area contributed by atoms with Gasteiger partial charge in [-0.3, -0.25) is 0 Å². The first-order chi connectivity index (χ1) is 28.6. The summed E-state index contributed by atoms with van der Waals surface area (Å²) < 4.78 is 0. The van der Waals surface area contributed by atoms with Crippen LogP contribution in [0.1, 0.15) is 58.7 Å². The Hall–Kier alpha value is -6.55. The van der Waals surface area contributed by atoms with E-state index in [-0.39, 0.29) is 0 Å². The van der Waals surface area contributed by atoms with Crippen molar-refractivity contribution in [2.75, 3.05) is 0 Å². The average Bonchev–Trinajstić information content (AvgIpc) is 3.29. The van der Waals surface area contributed by atoms with Gasteiger partial charge in [-0.05, 0) is 111 Å². The van der Waals surface area contributed by atoms with E-state index in [0.29, 0.717) is 0 Å². The van der Waals surface area contributed by atoms with Crippen molar-refractivity contribution in [3.05, 3.63) is 233 Å². The lowest BCUT2D eigenvalue weighted by Crippen LogP contribution is -2.10. The number of aliphatic imine (C=N–C) groups is 2. The third-order valence-electron chi connectivity index (χ3n) is 11.6. The first-order valence-corrected chi connectivity index (χ1v) is 21.0. The molecular weight excluding hydrogens is 721 g/mol. The van der Waals surface area contributed by atoms with E-state index in [2.05, 4.69) is 189 Å². The number of benzene rings is 8. The highest BCUT2D eigenvalue weighted by atomic mass is 32.2. The summed E-state index contributed by atoms with van der Waals surface area (Å²) in [7, 11) is 0. The Balaban J connectivity index is 1.03. The van der Waals surface area contributed by atoms with Crippen LogP contribution in [0.4, 0.5) is 0 Å². The number of hydrogen-bond acceptors (Lipinski definition) is 3. The molecule has 2 aliphatic heterocycles. The van der Waals surface area contributed by atoms with Crippen molar-refractivity contribution in [2.24, 2.45) is 9.98 Å². The molecule has 10 rings (SSSR count). The second-order valence-electron chi connectivity index (χ2n) is 15.3. The van der Waals surface area contributed by atoms with Crippen LogP contribution in [0, 0.1) is 0 Å². The molecule has 278 valence electrons. The van der Waals surface area contributed by atoms with Crippen molar-refractivity contribution in [3.63, 3.8) is 0 Å². The van der Waals surface area contributed by atoms with Gasteiger partial charge >= 0.3 is 0 Å². The minimum absolute atomic E-state index is 0.747. The predicted molar refractivity (Wildman–Crippen MR) is 245 cm³/mol. The fourth-order valence-electron chi connectivity index (χ4n) is 8.48. The van der Waals surface area contributed by atoms with E-state index in [1.807, 2.05) is 17.8 Å². The van der Waals surface area contributed by atoms with Crippen molar-refractivity contribution in [1.29, 1.82) is 0 Å². The standard InChI is InChI=1S/C55H42N2S/c1-37-24-33-50(40-15-4-2-5-16-40)56-55(42-17-6-3-7-18-42)57-54(37)41-28-25-38(26-29-41)43-30-31-46-34-44-19-9-12-22-49(44)53-47(32-27-39-14-8-11-21-48(39)53)35-45-20-10-13-23-51(45)58-52(46)36-43/h2-23,25-32,36H,24,33-35H2,1H3/b54-37+,56-50+,57-55-. The van der Waals surface area contributed by atoms with Crippen LogP contribution in [-0.4, -0.2) is 11.5 Å². The topological polar surface area (TPSA) is 24.7 Å². The molecule has 2 nitrogen and oxygen atoms in total. The van der Waals surface area contributed by atoms with Gasteiger partial charge in [-0.15, -0.1) is 0 Å². The van der Waals surface area contributed by atoms with Crippen LogP contribution in [0.15, 0.2) is 213 Å². The van der Waals surface area contributed by atoms with Crippen molar-refractivity contribution >= 4 is 39.8 Å². The van der Waals surface area contributed by atoms with E-state index >= 15 is 0 Å². The molecule has 58 heavy (non-hydrogen) atoms. The molecule has 0 aromatic heterocycles. The Morgan fingerprint density at radius 2 is 1.05 bits per heavy atom. The minimum Gasteiger partial charge on any atom is -0.232 e. The Bertz CT molecular complexity index is 2900. The molecular formula is C55H42N2S. The molecule has 0 unspecified atom stereocenters. The third kappa shape index (κ3) is 7.15. The molecule has 2 heterocycles. The fraction of sp³-hybridized carbons (Fsp3) is 0.0909. The molecule has 2 aliphatic rings. The van der Waals surface area contributed by atoms with Crippen molar-refractivity contribution in [3.8, 4) is 22.3 Å². The second kappa shape index (κ2) is 15.8. The van der Waals surface area contributed by atoms with Crippen LogP contribution in [0.2, 0.25) is 0 Å². The van der Waals surface area contributed by atoms with Crippen molar-refractivity contribution in [1.82, 2.24) is 0 Å². The SMILES string of the molecule is C\C1=C(c2ccc(-c3ccc4c(c3)Sc3ccccc3Cc3ccc5ccccc5c3-c3ccccc3C4)cc2)/N=C(c2ccccc2)\N=C(\c2ccccc2)CC1. The lowest BCUT2D eigenvalue weighted by atomic mass is 9.86. The molecule has 3 heteroatoms. The molecule has 0 atom stereocenters. The van der Waals surface area contributed by atoms with Gasteiger partial charge < -0.3 is 0 Å². The number of hydrogen-bond donors (Lipinski definition) is 0. The van der Waals surface area contributed by atoms with E-state index in [4.69, 9.17) is 9.98 Å². The molecule has 0 bridgehead atoms. The third-order valence-corrected chi connectivity index (χ3v) is 12.8. The summed E-state index contributed by atoms with van der Waals surface area (Å²) in [6.45, 7) is 2.22. The molecule has 0 saturated heterocycles. The largest absolute Gasteiger partial charge is 0.232 e. The van der Waals surface area contributed by atoms with Gasteiger partial charge in [0.25, 0.3) is 0 Å². The first-order valence-electron chi connectivity index (χ1n) is 20.2. The summed E-state index contributed by atoms with van der Waals surface area (Å²) in [5.41, 5.74) is 17.1. The quantitative estimate of drug-likeness (QED) is 0.175. The fourth-order valence-corrected chi connectivity index (χ4v) is 9.59. The van der Waals surface area contributed by atoms with E-state index < -0.39 is 0 Å². The molecule has 0 fully saturated rings. The Labute approximate surface area is 345 Å². The highest BCUT2D eigenvalue weighted by Gasteiger charge is 2.20. The van der Waals surface area contributed by atoms with E-state index in [1.54, 1.807) is 0 Å². The van der Waals surface area contributed by atoms with Gasteiger partial charge in [-0.1, -0.05) is 188 Å². The van der Waals surface area contributed by atoms with Crippen LogP contribution in [0.3, 0.4) is 0 Å². The zero-order chi connectivity index (χ0) is 38.8. The van der Waals surface area contributed by atoms with Crippen molar-refractivity contribution < 1.29 is 0 Å². The normalized spacial score (nSPS) is 17.1. The van der Waals surface area contributed by atoms with E-state index in [1.165, 1.54) is 70.6 Å². The average molecular weight is 763 g/mol. The molecule has 8 aromatic rings. The van der Waals surface area contributed by atoms with Crippen LogP contribution in [-0.2, 0) is 12.8 Å². The van der Waals surface area contributed by atoms with E-state index in [0.717, 1.165) is 59.6 Å². The predicted octanol–water partition coefficient (Wildman–Crippen LogP) is 14.3. The summed E-state index contributed by atoms with van der Waals surface area (Å²) in [5.74, 6) is 0.747. The molecule has 0 N–H and O–H groups in total. The minimum atomic E-state index is 0.747. The first kappa shape index (κ1) is 35.8. The van der Waals surface area contributed by atoms with Gasteiger partial charge in [-0.2, -0.15) is 0 Å². The second-order valence-corrected chi connectivity index (χ2v) is 16.4. The van der Waals surface area contributed by atoms with Crippen molar-refractivity contribution in [2.45, 2.75) is 42.4 Å². The monoisotopic (exact) mass is 762 g/mol. The van der Waals surface area contributed by atoms with Gasteiger partial charge in [0, 0.05) is 20.9 Å². The summed E-state index contributed by atoms with van der Waals surface area (Å²) >= 11 is 1.90. The molecule has 0 radical (unpaired) electrons. The molecule has 0 spiro atoms. The smallest absolute Gasteiger partial charge is 0.160 e. The summed E-state index contributed by atoms with van der Waals surface area (Å²) in [5, 5.41) is 2.59. The number of fused-ring (bicyclic) bond motifs is 7. The number of amidine groups is 1. The van der Waals surface area contributed by atoms with Crippen LogP contribution in [0.25, 0.3) is 38.7 Å². The summed E-state index contributed by atoms with van der Waals surface area (Å²) in [6.07, 6.45) is 3.47. The summed E-state index contributed by atoms with van der Waals surface area (Å²) in [4.78, 5) is 13.1. The van der Waals surface area contributed by atoms with Crippen LogP contribution in [0.5, 0.6) is 0 Å². The summed E-state index contributed by atoms with van der Waals surface area (Å²) in [6, 6.07) is 68.4. The molecule has 0 saturated carbocycles. The molecule has 0 amide bonds. The Kier molecular flexibility index (Phi) is 9.74. The Morgan fingerprint density at radius 1 is 0.431 bits per heavy atom. The number of nitrogens with zero attached hydrogens (tertiary/aromatic N) is 2. The number of rotatable bonds is 4. The van der Waals surface area contributed by atoms with Gasteiger partial charge in [0.05, 0.1) is 11.4 Å². The van der Waals surface area contributed by atoms with Gasteiger partial charge in [-0.25, -0.2) is 9.98 Å². The maximum atomic E-state index is 5.31. The maximum absolute atomic E-state index is 5.31. The van der Waals surface area contributed by atoms with Gasteiger partial charge in [0.15, 0.2) is 5.84 Å². The van der Waals surface area contributed by atoms with Gasteiger partial charge in [0.1, 0.15) is 0 Å². The highest BCUT2D eigenvalue weighted by Crippen LogP contribution is 2.42. The molecule has 8 aromatic carbocycles.